The number of nitrogens with one attached hydrogen (secondary N) is 2. The fourth-order valence-corrected chi connectivity index (χ4v) is 3.60. The van der Waals surface area contributed by atoms with E-state index in [1.54, 1.807) is 0 Å². The lowest BCUT2D eigenvalue weighted by Crippen LogP contribution is -2.38. The molecule has 29 heavy (non-hydrogen) atoms. The van der Waals surface area contributed by atoms with Crippen molar-refractivity contribution in [2.45, 2.75) is 32.7 Å². The van der Waals surface area contributed by atoms with Crippen molar-refractivity contribution in [3.63, 3.8) is 0 Å². The van der Waals surface area contributed by atoms with Gasteiger partial charge in [-0.2, -0.15) is 0 Å². The minimum absolute atomic E-state index is 0.506. The van der Waals surface area contributed by atoms with Crippen molar-refractivity contribution in [3.05, 3.63) is 22.7 Å². The van der Waals surface area contributed by atoms with Gasteiger partial charge in [0.1, 0.15) is 13.2 Å². The van der Waals surface area contributed by atoms with Crippen molar-refractivity contribution in [2.75, 3.05) is 52.7 Å². The van der Waals surface area contributed by atoms with Crippen LogP contribution in [0.1, 0.15) is 31.7 Å². The summed E-state index contributed by atoms with van der Waals surface area (Å²) in [5, 5.41) is 7.19. The lowest BCUT2D eigenvalue weighted by Gasteiger charge is -2.21. The number of hydrogen-bond donors (Lipinski definition) is 2. The molecule has 3 rings (SSSR count). The zero-order valence-corrected chi connectivity index (χ0v) is 17.9. The molecule has 2 aliphatic rings. The average Bonchev–Trinajstić information content (AvgIpc) is 2.75. The van der Waals surface area contributed by atoms with E-state index in [-0.39, 0.29) is 0 Å². The molecule has 0 unspecified atom stereocenters. The summed E-state index contributed by atoms with van der Waals surface area (Å²) in [5.41, 5.74) is 0.983. The highest BCUT2D eigenvalue weighted by Gasteiger charge is 2.16. The molecule has 0 spiro atoms. The van der Waals surface area contributed by atoms with Crippen LogP contribution in [-0.2, 0) is 16.0 Å². The first-order chi connectivity index (χ1) is 14.3. The topological polar surface area (TPSA) is 73.3 Å². The van der Waals surface area contributed by atoms with Gasteiger partial charge in [0.25, 0.3) is 0 Å². The fourth-order valence-electron chi connectivity index (χ4n) is 3.31. The fraction of sp³-hybridized carbons (Fsp3) is 0.667. The van der Waals surface area contributed by atoms with Crippen LogP contribution in [0.3, 0.4) is 0 Å². The average molecular weight is 426 g/mol. The normalized spacial score (nSPS) is 17.2. The van der Waals surface area contributed by atoms with E-state index in [9.17, 15) is 0 Å². The van der Waals surface area contributed by atoms with Gasteiger partial charge >= 0.3 is 0 Å². The SMILES string of the molecule is CCNC(=NCc1cc(Cl)c2c(c1)OCCO2)NCCCOCC1CCOCC1. The van der Waals surface area contributed by atoms with Crippen molar-refractivity contribution in [1.29, 1.82) is 0 Å². The van der Waals surface area contributed by atoms with E-state index in [1.807, 2.05) is 12.1 Å². The molecule has 0 aromatic heterocycles. The Morgan fingerprint density at radius 1 is 1.17 bits per heavy atom. The Morgan fingerprint density at radius 2 is 2.00 bits per heavy atom. The number of guanidine groups is 1. The summed E-state index contributed by atoms with van der Waals surface area (Å²) in [6, 6.07) is 3.82. The highest BCUT2D eigenvalue weighted by atomic mass is 35.5. The van der Waals surface area contributed by atoms with Crippen molar-refractivity contribution in [3.8, 4) is 11.5 Å². The molecule has 0 amide bonds. The highest BCUT2D eigenvalue weighted by Crippen LogP contribution is 2.38. The van der Waals surface area contributed by atoms with Crippen LogP contribution in [0.25, 0.3) is 0 Å². The van der Waals surface area contributed by atoms with E-state index in [1.165, 1.54) is 0 Å². The molecule has 2 heterocycles. The van der Waals surface area contributed by atoms with Crippen molar-refractivity contribution in [1.82, 2.24) is 10.6 Å². The summed E-state index contributed by atoms with van der Waals surface area (Å²) >= 11 is 6.31. The van der Waals surface area contributed by atoms with Crippen LogP contribution in [0.2, 0.25) is 5.02 Å². The quantitative estimate of drug-likeness (QED) is 0.360. The second-order valence-corrected chi connectivity index (χ2v) is 7.62. The molecule has 0 bridgehead atoms. The predicted octanol–water partition coefficient (Wildman–Crippen LogP) is 3.00. The van der Waals surface area contributed by atoms with Gasteiger partial charge in [0.2, 0.25) is 0 Å². The highest BCUT2D eigenvalue weighted by molar-refractivity contribution is 6.32. The summed E-state index contributed by atoms with van der Waals surface area (Å²) < 4.78 is 22.4. The monoisotopic (exact) mass is 425 g/mol. The molecule has 1 aromatic carbocycles. The molecule has 2 aliphatic heterocycles. The molecule has 1 fully saturated rings. The van der Waals surface area contributed by atoms with Gasteiger partial charge in [-0.05, 0) is 49.8 Å². The maximum absolute atomic E-state index is 6.31. The third kappa shape index (κ3) is 7.24. The van der Waals surface area contributed by atoms with Gasteiger partial charge in [0, 0.05) is 39.5 Å². The van der Waals surface area contributed by atoms with Crippen LogP contribution >= 0.6 is 11.6 Å². The predicted molar refractivity (Wildman–Crippen MR) is 114 cm³/mol. The maximum atomic E-state index is 6.31. The summed E-state index contributed by atoms with van der Waals surface area (Å²) in [4.78, 5) is 4.65. The summed E-state index contributed by atoms with van der Waals surface area (Å²) in [7, 11) is 0. The number of ether oxygens (including phenoxy) is 4. The molecule has 162 valence electrons. The first kappa shape index (κ1) is 22.0. The molecule has 1 saturated heterocycles. The molecule has 0 radical (unpaired) electrons. The Balaban J connectivity index is 1.40. The molecule has 8 heteroatoms. The Labute approximate surface area is 178 Å². The molecular weight excluding hydrogens is 394 g/mol. The molecule has 0 aliphatic carbocycles. The summed E-state index contributed by atoms with van der Waals surface area (Å²) in [6.07, 6.45) is 3.15. The van der Waals surface area contributed by atoms with Crippen LogP contribution in [0.5, 0.6) is 11.5 Å². The van der Waals surface area contributed by atoms with Crippen molar-refractivity contribution >= 4 is 17.6 Å². The molecule has 2 N–H and O–H groups in total. The van der Waals surface area contributed by atoms with Gasteiger partial charge in [0.05, 0.1) is 11.6 Å². The van der Waals surface area contributed by atoms with Gasteiger partial charge in [-0.25, -0.2) is 4.99 Å². The number of nitrogens with zero attached hydrogens (tertiary/aromatic N) is 1. The smallest absolute Gasteiger partial charge is 0.191 e. The number of fused-ring (bicyclic) bond motifs is 1. The minimum atomic E-state index is 0.506. The Bertz CT molecular complexity index is 666. The molecule has 1 aromatic rings. The largest absolute Gasteiger partial charge is 0.486 e. The summed E-state index contributed by atoms with van der Waals surface area (Å²) in [6.45, 7) is 8.55. The van der Waals surface area contributed by atoms with Crippen LogP contribution in [0.4, 0.5) is 0 Å². The lowest BCUT2D eigenvalue weighted by molar-refractivity contribution is 0.0203. The minimum Gasteiger partial charge on any atom is -0.486 e. The van der Waals surface area contributed by atoms with Crippen molar-refractivity contribution < 1.29 is 18.9 Å². The number of aliphatic imine (C=N–C) groups is 1. The van der Waals surface area contributed by atoms with E-state index in [2.05, 4.69) is 22.5 Å². The van der Waals surface area contributed by atoms with Gasteiger partial charge in [-0.15, -0.1) is 0 Å². The second kappa shape index (κ2) is 12.1. The maximum Gasteiger partial charge on any atom is 0.191 e. The van der Waals surface area contributed by atoms with E-state index >= 15 is 0 Å². The van der Waals surface area contributed by atoms with Gasteiger partial charge in [-0.3, -0.25) is 0 Å². The molecule has 7 nitrogen and oxygen atoms in total. The van der Waals surface area contributed by atoms with Crippen LogP contribution < -0.4 is 20.1 Å². The third-order valence-corrected chi connectivity index (χ3v) is 5.15. The van der Waals surface area contributed by atoms with Crippen molar-refractivity contribution in [2.24, 2.45) is 10.9 Å². The van der Waals surface area contributed by atoms with Gasteiger partial charge in [0.15, 0.2) is 17.5 Å². The number of halogens is 1. The second-order valence-electron chi connectivity index (χ2n) is 7.21. The van der Waals surface area contributed by atoms with Gasteiger partial charge in [-0.1, -0.05) is 11.6 Å². The molecule has 0 atom stereocenters. The first-order valence-electron chi connectivity index (χ1n) is 10.5. The van der Waals surface area contributed by atoms with E-state index in [4.69, 9.17) is 30.5 Å². The van der Waals surface area contributed by atoms with Crippen LogP contribution in [-0.4, -0.2) is 58.7 Å². The zero-order chi connectivity index (χ0) is 20.3. The van der Waals surface area contributed by atoms with Crippen LogP contribution in [0, 0.1) is 5.92 Å². The Kier molecular flexibility index (Phi) is 9.18. The molecule has 0 saturated carbocycles. The Morgan fingerprint density at radius 3 is 2.83 bits per heavy atom. The number of hydrogen-bond acceptors (Lipinski definition) is 5. The number of benzene rings is 1. The lowest BCUT2D eigenvalue weighted by atomic mass is 10.0. The van der Waals surface area contributed by atoms with E-state index < -0.39 is 0 Å². The molecular formula is C21H32ClN3O4. The van der Waals surface area contributed by atoms with E-state index in [0.29, 0.717) is 42.2 Å². The zero-order valence-electron chi connectivity index (χ0n) is 17.2. The number of rotatable bonds is 9. The third-order valence-electron chi connectivity index (χ3n) is 4.87. The van der Waals surface area contributed by atoms with Crippen LogP contribution in [0.15, 0.2) is 17.1 Å². The standard InChI is InChI=1S/C21H32ClN3O4/c1-2-23-21(24-6-3-7-27-15-16-4-8-26-9-5-16)25-14-17-12-18(22)20-19(13-17)28-10-11-29-20/h12-13,16H,2-11,14-15H2,1H3,(H2,23,24,25). The Hall–Kier alpha value is -1.70. The first-order valence-corrected chi connectivity index (χ1v) is 10.9. The summed E-state index contributed by atoms with van der Waals surface area (Å²) in [5.74, 6) is 2.74. The van der Waals surface area contributed by atoms with E-state index in [0.717, 1.165) is 70.3 Å². The van der Waals surface area contributed by atoms with Gasteiger partial charge < -0.3 is 29.6 Å².